The van der Waals surface area contributed by atoms with Gasteiger partial charge in [0.2, 0.25) is 0 Å². The molecule has 2 heteroatoms. The van der Waals surface area contributed by atoms with E-state index < -0.39 is 0 Å². The maximum absolute atomic E-state index is 2.53. The van der Waals surface area contributed by atoms with Crippen molar-refractivity contribution in [3.8, 4) is 0 Å². The maximum Gasteiger partial charge on any atom is 0.0335 e. The summed E-state index contributed by atoms with van der Waals surface area (Å²) in [7, 11) is 4.49. The molecule has 1 aliphatic carbocycles. The van der Waals surface area contributed by atoms with Crippen molar-refractivity contribution in [1.82, 2.24) is 9.80 Å². The highest BCUT2D eigenvalue weighted by atomic mass is 15.3. The summed E-state index contributed by atoms with van der Waals surface area (Å²) in [6, 6.07) is 0. The molecule has 66 valence electrons. The molecular formula is C9H20N2. The Labute approximate surface area is 70.2 Å². The number of nitrogens with zero attached hydrogens (tertiary/aromatic N) is 2. The molecule has 0 amide bonds. The molecule has 0 unspecified atom stereocenters. The highest BCUT2D eigenvalue weighted by molar-refractivity contribution is 5.06. The van der Waals surface area contributed by atoms with Gasteiger partial charge in [0.25, 0.3) is 0 Å². The van der Waals surface area contributed by atoms with Crippen LogP contribution in [0.5, 0.6) is 0 Å². The van der Waals surface area contributed by atoms with Gasteiger partial charge in [-0.3, -0.25) is 4.90 Å². The fourth-order valence-corrected chi connectivity index (χ4v) is 1.94. The summed E-state index contributed by atoms with van der Waals surface area (Å²) in [5, 5.41) is 0. The van der Waals surface area contributed by atoms with Gasteiger partial charge in [0.05, 0.1) is 0 Å². The first-order valence-electron chi connectivity index (χ1n) is 4.13. The molecule has 0 aromatic rings. The molecule has 0 atom stereocenters. The van der Waals surface area contributed by atoms with Crippen LogP contribution in [0, 0.1) is 0 Å². The largest absolute Gasteiger partial charge is 0.303 e. The molecule has 2 fully saturated rings. The van der Waals surface area contributed by atoms with E-state index in [0.717, 1.165) is 0 Å². The highest BCUT2D eigenvalue weighted by Crippen LogP contribution is 2.42. The normalized spacial score (nSPS) is 30.0. The Morgan fingerprint density at radius 3 is 2.18 bits per heavy atom. The predicted molar refractivity (Wildman–Crippen MR) is 48.8 cm³/mol. The quantitative estimate of drug-likeness (QED) is 0.517. The van der Waals surface area contributed by atoms with Gasteiger partial charge in [0.1, 0.15) is 0 Å². The smallest absolute Gasteiger partial charge is 0.0335 e. The molecule has 0 N–H and O–H groups in total. The van der Waals surface area contributed by atoms with Gasteiger partial charge in [-0.15, -0.1) is 0 Å². The average Bonchev–Trinajstić information content (AvgIpc) is 2.62. The lowest BCUT2D eigenvalue weighted by molar-refractivity contribution is 0.0983. The van der Waals surface area contributed by atoms with Crippen LogP contribution in [0.15, 0.2) is 0 Å². The summed E-state index contributed by atoms with van der Waals surface area (Å²) in [6.45, 7) is 3.80. The van der Waals surface area contributed by atoms with E-state index in [1.807, 2.05) is 0 Å². The molecular weight excluding hydrogens is 136 g/mol. The summed E-state index contributed by atoms with van der Waals surface area (Å²) in [5.41, 5.74) is 0.618. The zero-order chi connectivity index (χ0) is 7.19. The third kappa shape index (κ3) is 1.42. The van der Waals surface area contributed by atoms with Crippen LogP contribution in [0.4, 0.5) is 0 Å². The Hall–Kier alpha value is -0.0800. The highest BCUT2D eigenvalue weighted by Gasteiger charge is 2.48. The van der Waals surface area contributed by atoms with E-state index in [1.165, 1.54) is 32.5 Å². The van der Waals surface area contributed by atoms with E-state index in [0.29, 0.717) is 5.54 Å². The molecule has 1 saturated carbocycles. The zero-order valence-electron chi connectivity index (χ0n) is 6.93. The Morgan fingerprint density at radius 2 is 1.73 bits per heavy atom. The van der Waals surface area contributed by atoms with Gasteiger partial charge in [-0.2, -0.15) is 0 Å². The molecule has 11 heavy (non-hydrogen) atoms. The molecule has 1 saturated heterocycles. The standard InChI is InChI=1S/C8H16N2.CH4/c1-9-5-6-10(2)8(7-9)3-4-8;/h3-7H2,1-2H3;1H4. The molecule has 2 rings (SSSR count). The second-order valence-corrected chi connectivity index (χ2v) is 3.88. The number of hydrogen-bond acceptors (Lipinski definition) is 2. The number of likely N-dealkylation sites (N-methyl/N-ethyl adjacent to an activating group) is 2. The monoisotopic (exact) mass is 156 g/mol. The lowest BCUT2D eigenvalue weighted by Crippen LogP contribution is -2.51. The van der Waals surface area contributed by atoms with Crippen molar-refractivity contribution < 1.29 is 0 Å². The Morgan fingerprint density at radius 1 is 1.09 bits per heavy atom. The maximum atomic E-state index is 2.53. The van der Waals surface area contributed by atoms with Gasteiger partial charge in [0.15, 0.2) is 0 Å². The minimum absolute atomic E-state index is 0. The average molecular weight is 156 g/mol. The number of hydrogen-bond donors (Lipinski definition) is 0. The third-order valence-corrected chi connectivity index (χ3v) is 3.02. The summed E-state index contributed by atoms with van der Waals surface area (Å²) in [6.07, 6.45) is 2.85. The first kappa shape index (κ1) is 9.01. The molecule has 0 aromatic carbocycles. The Kier molecular flexibility index (Phi) is 2.26. The molecule has 1 heterocycles. The van der Waals surface area contributed by atoms with Crippen LogP contribution >= 0.6 is 0 Å². The van der Waals surface area contributed by atoms with Crippen molar-refractivity contribution in [3.63, 3.8) is 0 Å². The zero-order valence-corrected chi connectivity index (χ0v) is 6.93. The second-order valence-electron chi connectivity index (χ2n) is 3.88. The van der Waals surface area contributed by atoms with Gasteiger partial charge < -0.3 is 4.90 Å². The SMILES string of the molecule is C.CN1CCN(C)C2(CC2)C1. The van der Waals surface area contributed by atoms with Crippen LogP contribution in [0.1, 0.15) is 20.3 Å². The van der Waals surface area contributed by atoms with Gasteiger partial charge in [-0.25, -0.2) is 0 Å². The molecule has 2 aliphatic rings. The summed E-state index contributed by atoms with van der Waals surface area (Å²) < 4.78 is 0. The second kappa shape index (κ2) is 2.76. The first-order valence-corrected chi connectivity index (χ1v) is 4.13. The molecule has 0 aromatic heterocycles. The van der Waals surface area contributed by atoms with Crippen LogP contribution in [0.25, 0.3) is 0 Å². The Bertz CT molecular complexity index is 140. The van der Waals surface area contributed by atoms with Crippen molar-refractivity contribution in [2.45, 2.75) is 25.8 Å². The summed E-state index contributed by atoms with van der Waals surface area (Å²) in [5.74, 6) is 0. The van der Waals surface area contributed by atoms with Gasteiger partial charge >= 0.3 is 0 Å². The van der Waals surface area contributed by atoms with Crippen molar-refractivity contribution in [2.75, 3.05) is 33.7 Å². The van der Waals surface area contributed by atoms with Gasteiger partial charge in [0, 0.05) is 25.2 Å². The molecule has 1 spiro atoms. The van der Waals surface area contributed by atoms with E-state index in [-0.39, 0.29) is 7.43 Å². The van der Waals surface area contributed by atoms with E-state index >= 15 is 0 Å². The summed E-state index contributed by atoms with van der Waals surface area (Å²) >= 11 is 0. The third-order valence-electron chi connectivity index (χ3n) is 3.02. The minimum Gasteiger partial charge on any atom is -0.303 e. The van der Waals surface area contributed by atoms with Crippen molar-refractivity contribution in [1.29, 1.82) is 0 Å². The summed E-state index contributed by atoms with van der Waals surface area (Å²) in [4.78, 5) is 4.99. The molecule has 0 radical (unpaired) electrons. The van der Waals surface area contributed by atoms with Crippen LogP contribution < -0.4 is 0 Å². The number of rotatable bonds is 0. The van der Waals surface area contributed by atoms with E-state index in [4.69, 9.17) is 0 Å². The van der Waals surface area contributed by atoms with E-state index in [1.54, 1.807) is 0 Å². The lowest BCUT2D eigenvalue weighted by atomic mass is 10.1. The minimum atomic E-state index is 0. The fraction of sp³-hybridized carbons (Fsp3) is 1.00. The van der Waals surface area contributed by atoms with Crippen molar-refractivity contribution in [2.24, 2.45) is 0 Å². The predicted octanol–water partition coefficient (Wildman–Crippen LogP) is 1.03. The van der Waals surface area contributed by atoms with Crippen LogP contribution in [0.3, 0.4) is 0 Å². The lowest BCUT2D eigenvalue weighted by Gasteiger charge is -2.38. The topological polar surface area (TPSA) is 6.48 Å². The van der Waals surface area contributed by atoms with Gasteiger partial charge in [-0.1, -0.05) is 7.43 Å². The van der Waals surface area contributed by atoms with Crippen LogP contribution in [-0.4, -0.2) is 49.1 Å². The van der Waals surface area contributed by atoms with Crippen molar-refractivity contribution >= 4 is 0 Å². The number of piperazine rings is 1. The molecule has 2 nitrogen and oxygen atoms in total. The van der Waals surface area contributed by atoms with Crippen LogP contribution in [0.2, 0.25) is 0 Å². The van der Waals surface area contributed by atoms with Gasteiger partial charge in [-0.05, 0) is 26.9 Å². The Balaban J connectivity index is 0.000000605. The fourth-order valence-electron chi connectivity index (χ4n) is 1.94. The van der Waals surface area contributed by atoms with Crippen LogP contribution in [-0.2, 0) is 0 Å². The molecule has 1 aliphatic heterocycles. The van der Waals surface area contributed by atoms with E-state index in [9.17, 15) is 0 Å². The van der Waals surface area contributed by atoms with Crippen molar-refractivity contribution in [3.05, 3.63) is 0 Å². The van der Waals surface area contributed by atoms with E-state index in [2.05, 4.69) is 23.9 Å². The molecule has 0 bridgehead atoms. The first-order chi connectivity index (χ1) is 4.73.